The fraction of sp³-hybridized carbons (Fsp3) is 0.636. The summed E-state index contributed by atoms with van der Waals surface area (Å²) in [6.45, 7) is 2.02. The zero-order valence-corrected chi connectivity index (χ0v) is 12.4. The van der Waals surface area contributed by atoms with Crippen molar-refractivity contribution in [3.63, 3.8) is 0 Å². The van der Waals surface area contributed by atoms with E-state index in [1.165, 1.54) is 11.3 Å². The number of thiophene rings is 1. The summed E-state index contributed by atoms with van der Waals surface area (Å²) in [6.07, 6.45) is 2.09. The second kappa shape index (κ2) is 6.34. The van der Waals surface area contributed by atoms with Gasteiger partial charge in [-0.25, -0.2) is 13.1 Å². The summed E-state index contributed by atoms with van der Waals surface area (Å²) < 4.78 is 27.5. The Hall–Kier alpha value is -0.140. The Morgan fingerprint density at radius 3 is 2.72 bits per heavy atom. The number of sulfonamides is 1. The highest BCUT2D eigenvalue weighted by Gasteiger charge is 2.26. The molecule has 0 atom stereocenters. The summed E-state index contributed by atoms with van der Waals surface area (Å²) >= 11 is 7.32. The molecule has 1 aliphatic heterocycles. The van der Waals surface area contributed by atoms with Gasteiger partial charge in [-0.2, -0.15) is 0 Å². The van der Waals surface area contributed by atoms with E-state index in [9.17, 15) is 8.42 Å². The standard InChI is InChI=1S/C11H17ClN2O2S2/c12-11-2-1-9(17-11)3-8-14-18(15,16)10-4-6-13-7-5-10/h1-2,10,13-14H,3-8H2. The lowest BCUT2D eigenvalue weighted by atomic mass is 10.2. The minimum Gasteiger partial charge on any atom is -0.317 e. The molecular weight excluding hydrogens is 292 g/mol. The maximum Gasteiger partial charge on any atom is 0.214 e. The number of hydrogen-bond donors (Lipinski definition) is 2. The first-order valence-corrected chi connectivity index (χ1v) is 8.75. The fourth-order valence-corrected chi connectivity index (χ4v) is 4.59. The molecule has 0 saturated carbocycles. The summed E-state index contributed by atoms with van der Waals surface area (Å²) in [5.74, 6) is 0. The second-order valence-electron chi connectivity index (χ2n) is 4.34. The summed E-state index contributed by atoms with van der Waals surface area (Å²) in [5.41, 5.74) is 0. The molecule has 1 aromatic rings. The van der Waals surface area contributed by atoms with E-state index in [0.717, 1.165) is 22.3 Å². The van der Waals surface area contributed by atoms with Crippen molar-refractivity contribution in [2.75, 3.05) is 19.6 Å². The summed E-state index contributed by atoms with van der Waals surface area (Å²) in [4.78, 5) is 1.10. The molecule has 102 valence electrons. The molecule has 2 N–H and O–H groups in total. The van der Waals surface area contributed by atoms with Gasteiger partial charge in [-0.1, -0.05) is 11.6 Å². The number of piperidine rings is 1. The molecule has 0 radical (unpaired) electrons. The summed E-state index contributed by atoms with van der Waals surface area (Å²) in [6, 6.07) is 3.77. The third-order valence-corrected chi connectivity index (χ3v) is 6.28. The van der Waals surface area contributed by atoms with Gasteiger partial charge in [0.2, 0.25) is 10.0 Å². The van der Waals surface area contributed by atoms with Crippen LogP contribution in [0, 0.1) is 0 Å². The van der Waals surface area contributed by atoms with Crippen LogP contribution in [0.1, 0.15) is 17.7 Å². The molecule has 7 heteroatoms. The first kappa shape index (κ1) is 14.3. The lowest BCUT2D eigenvalue weighted by Gasteiger charge is -2.22. The van der Waals surface area contributed by atoms with Crippen LogP contribution in [0.25, 0.3) is 0 Å². The van der Waals surface area contributed by atoms with Crippen LogP contribution in [0.5, 0.6) is 0 Å². The van der Waals surface area contributed by atoms with E-state index in [4.69, 9.17) is 11.6 Å². The van der Waals surface area contributed by atoms with Gasteiger partial charge < -0.3 is 5.32 Å². The van der Waals surface area contributed by atoms with Crippen LogP contribution in [0.4, 0.5) is 0 Å². The molecule has 1 fully saturated rings. The highest BCUT2D eigenvalue weighted by Crippen LogP contribution is 2.21. The Morgan fingerprint density at radius 1 is 1.39 bits per heavy atom. The van der Waals surface area contributed by atoms with Gasteiger partial charge in [0.15, 0.2) is 0 Å². The molecule has 2 heterocycles. The minimum atomic E-state index is -3.17. The van der Waals surface area contributed by atoms with Gasteiger partial charge in [-0.05, 0) is 44.5 Å². The smallest absolute Gasteiger partial charge is 0.214 e. The van der Waals surface area contributed by atoms with E-state index < -0.39 is 10.0 Å². The molecule has 1 aromatic heterocycles. The van der Waals surface area contributed by atoms with Gasteiger partial charge in [0.25, 0.3) is 0 Å². The molecule has 0 aromatic carbocycles. The number of halogens is 1. The van der Waals surface area contributed by atoms with Gasteiger partial charge in [-0.15, -0.1) is 11.3 Å². The average Bonchev–Trinajstić information content (AvgIpc) is 2.76. The quantitative estimate of drug-likeness (QED) is 0.869. The van der Waals surface area contributed by atoms with E-state index in [0.29, 0.717) is 25.8 Å². The highest BCUT2D eigenvalue weighted by atomic mass is 35.5. The molecule has 0 amide bonds. The predicted molar refractivity (Wildman–Crippen MR) is 75.8 cm³/mol. The average molecular weight is 309 g/mol. The monoisotopic (exact) mass is 308 g/mol. The topological polar surface area (TPSA) is 58.2 Å². The lowest BCUT2D eigenvalue weighted by molar-refractivity contribution is 0.490. The van der Waals surface area contributed by atoms with Crippen LogP contribution >= 0.6 is 22.9 Å². The largest absolute Gasteiger partial charge is 0.317 e. The molecule has 0 aliphatic carbocycles. The number of nitrogens with one attached hydrogen (secondary N) is 2. The van der Waals surface area contributed by atoms with Crippen molar-refractivity contribution < 1.29 is 8.42 Å². The van der Waals surface area contributed by atoms with Crippen LogP contribution < -0.4 is 10.0 Å². The first-order valence-electron chi connectivity index (χ1n) is 6.01. The maximum atomic E-state index is 12.0. The maximum absolute atomic E-state index is 12.0. The Balaban J connectivity index is 1.81. The Labute approximate surface area is 117 Å². The lowest BCUT2D eigenvalue weighted by Crippen LogP contribution is -2.42. The van der Waals surface area contributed by atoms with Crippen molar-refractivity contribution in [1.29, 1.82) is 0 Å². The molecule has 2 rings (SSSR count). The van der Waals surface area contributed by atoms with Crippen molar-refractivity contribution in [2.45, 2.75) is 24.5 Å². The van der Waals surface area contributed by atoms with Gasteiger partial charge in [-0.3, -0.25) is 0 Å². The van der Waals surface area contributed by atoms with Gasteiger partial charge in [0.05, 0.1) is 9.59 Å². The van der Waals surface area contributed by atoms with E-state index in [2.05, 4.69) is 10.0 Å². The Kier molecular flexibility index (Phi) is 5.03. The van der Waals surface area contributed by atoms with Crippen molar-refractivity contribution >= 4 is 33.0 Å². The molecule has 1 aliphatic rings. The predicted octanol–water partition coefficient (Wildman–Crippen LogP) is 1.62. The molecule has 4 nitrogen and oxygen atoms in total. The van der Waals surface area contributed by atoms with Gasteiger partial charge in [0, 0.05) is 11.4 Å². The van der Waals surface area contributed by atoms with Gasteiger partial charge >= 0.3 is 0 Å². The Morgan fingerprint density at radius 2 is 2.11 bits per heavy atom. The zero-order valence-electron chi connectivity index (χ0n) is 9.99. The van der Waals surface area contributed by atoms with E-state index >= 15 is 0 Å². The van der Waals surface area contributed by atoms with Crippen molar-refractivity contribution in [3.05, 3.63) is 21.3 Å². The van der Waals surface area contributed by atoms with Crippen LogP contribution in [0.2, 0.25) is 4.34 Å². The van der Waals surface area contributed by atoms with Crippen molar-refractivity contribution in [3.8, 4) is 0 Å². The number of rotatable bonds is 5. The van der Waals surface area contributed by atoms with Crippen LogP contribution in [0.15, 0.2) is 12.1 Å². The summed E-state index contributed by atoms with van der Waals surface area (Å²) in [5, 5.41) is 2.92. The molecule has 0 unspecified atom stereocenters. The van der Waals surface area contributed by atoms with E-state index in [-0.39, 0.29) is 5.25 Å². The number of hydrogen-bond acceptors (Lipinski definition) is 4. The van der Waals surface area contributed by atoms with Crippen molar-refractivity contribution in [1.82, 2.24) is 10.0 Å². The second-order valence-corrected chi connectivity index (χ2v) is 8.19. The first-order chi connectivity index (χ1) is 8.58. The molecule has 18 heavy (non-hydrogen) atoms. The highest BCUT2D eigenvalue weighted by molar-refractivity contribution is 7.90. The third-order valence-electron chi connectivity index (χ3n) is 3.03. The van der Waals surface area contributed by atoms with Crippen LogP contribution in [-0.2, 0) is 16.4 Å². The van der Waals surface area contributed by atoms with Crippen LogP contribution in [-0.4, -0.2) is 33.3 Å². The van der Waals surface area contributed by atoms with E-state index in [1.807, 2.05) is 12.1 Å². The normalized spacial score (nSPS) is 18.1. The minimum absolute atomic E-state index is 0.245. The van der Waals surface area contributed by atoms with E-state index in [1.54, 1.807) is 0 Å². The molecule has 1 saturated heterocycles. The fourth-order valence-electron chi connectivity index (χ4n) is 2.03. The zero-order chi connectivity index (χ0) is 13.0. The third kappa shape index (κ3) is 3.93. The van der Waals surface area contributed by atoms with Crippen molar-refractivity contribution in [2.24, 2.45) is 0 Å². The SMILES string of the molecule is O=S(=O)(NCCc1ccc(Cl)s1)C1CCNCC1. The molecule has 0 spiro atoms. The Bertz CT molecular complexity index is 481. The summed E-state index contributed by atoms with van der Waals surface area (Å²) in [7, 11) is -3.17. The van der Waals surface area contributed by atoms with Gasteiger partial charge in [0.1, 0.15) is 0 Å². The molecule has 0 bridgehead atoms. The van der Waals surface area contributed by atoms with Crippen LogP contribution in [0.3, 0.4) is 0 Å². The molecular formula is C11H17ClN2O2S2.